The Morgan fingerprint density at radius 2 is 2.03 bits per heavy atom. The quantitative estimate of drug-likeness (QED) is 0.535. The summed E-state index contributed by atoms with van der Waals surface area (Å²) in [6.07, 6.45) is 2.79. The number of hydrogen-bond donors (Lipinski definition) is 3. The maximum absolute atomic E-state index is 12.7. The summed E-state index contributed by atoms with van der Waals surface area (Å²) in [4.78, 5) is 22.8. The van der Waals surface area contributed by atoms with Crippen molar-refractivity contribution in [2.24, 2.45) is 0 Å². The van der Waals surface area contributed by atoms with Crippen LogP contribution in [0.15, 0.2) is 43.1 Å². The van der Waals surface area contributed by atoms with Crippen molar-refractivity contribution in [3.63, 3.8) is 0 Å². The minimum Gasteiger partial charge on any atom is -0.388 e. The van der Waals surface area contributed by atoms with Crippen LogP contribution in [0.1, 0.15) is 47.9 Å². The fourth-order valence-electron chi connectivity index (χ4n) is 3.61. The third-order valence-corrected chi connectivity index (χ3v) is 5.15. The van der Waals surface area contributed by atoms with E-state index in [-0.39, 0.29) is 5.91 Å². The van der Waals surface area contributed by atoms with Crippen molar-refractivity contribution in [1.29, 1.82) is 0 Å². The minimum atomic E-state index is -0.201. The van der Waals surface area contributed by atoms with Crippen molar-refractivity contribution in [2.75, 3.05) is 31.8 Å². The van der Waals surface area contributed by atoms with E-state index >= 15 is 0 Å². The fourth-order valence-corrected chi connectivity index (χ4v) is 3.61. The van der Waals surface area contributed by atoms with Gasteiger partial charge in [0.15, 0.2) is 0 Å². The lowest BCUT2D eigenvalue weighted by Gasteiger charge is -2.21. The summed E-state index contributed by atoms with van der Waals surface area (Å²) in [5.41, 5.74) is 5.47. The first kappa shape index (κ1) is 20.6. The van der Waals surface area contributed by atoms with E-state index in [1.165, 1.54) is 0 Å². The highest BCUT2D eigenvalue weighted by Crippen LogP contribution is 2.27. The van der Waals surface area contributed by atoms with E-state index in [0.29, 0.717) is 17.4 Å². The molecule has 0 saturated carbocycles. The zero-order valence-corrected chi connectivity index (χ0v) is 17.8. The summed E-state index contributed by atoms with van der Waals surface area (Å²) in [5.74, 6) is 0.317. The summed E-state index contributed by atoms with van der Waals surface area (Å²) >= 11 is 0. The average Bonchev–Trinajstić information content (AvgIpc) is 3.10. The van der Waals surface area contributed by atoms with Gasteiger partial charge in [-0.25, -0.2) is 4.98 Å². The Hall–Kier alpha value is -3.12. The summed E-state index contributed by atoms with van der Waals surface area (Å²) in [7, 11) is 5.98. The first-order valence-corrected chi connectivity index (χ1v) is 9.78. The lowest BCUT2D eigenvalue weighted by molar-refractivity contribution is 0.102. The lowest BCUT2D eigenvalue weighted by Crippen LogP contribution is -2.19. The summed E-state index contributed by atoms with van der Waals surface area (Å²) in [6.45, 7) is 8.09. The highest BCUT2D eigenvalue weighted by molar-refractivity contribution is 6.05. The smallest absolute Gasteiger partial charge is 0.256 e. The number of amides is 1. The third-order valence-electron chi connectivity index (χ3n) is 5.15. The molecule has 1 unspecified atom stereocenters. The van der Waals surface area contributed by atoms with E-state index in [9.17, 15) is 4.79 Å². The van der Waals surface area contributed by atoms with E-state index in [1.54, 1.807) is 12.3 Å². The molecule has 1 amide bonds. The Kier molecular flexibility index (Phi) is 6.03. The Balaban J connectivity index is 1.84. The number of aromatic amines is 1. The number of allylic oxidation sites excluding steroid dienone is 1. The van der Waals surface area contributed by atoms with Crippen LogP contribution in [0.3, 0.4) is 0 Å². The normalized spacial score (nSPS) is 12.2. The molecule has 0 aliphatic rings. The van der Waals surface area contributed by atoms with Crippen LogP contribution in [0.25, 0.3) is 16.5 Å². The van der Waals surface area contributed by atoms with Crippen LogP contribution in [0, 0.1) is 0 Å². The number of rotatable bonds is 7. The molecule has 0 aliphatic carbocycles. The molecule has 1 atom stereocenters. The van der Waals surface area contributed by atoms with Crippen molar-refractivity contribution in [3.8, 4) is 0 Å². The highest BCUT2D eigenvalue weighted by atomic mass is 16.1. The van der Waals surface area contributed by atoms with Crippen molar-refractivity contribution >= 4 is 33.9 Å². The number of nitrogens with one attached hydrogen (secondary N) is 3. The van der Waals surface area contributed by atoms with E-state index in [2.05, 4.69) is 59.2 Å². The number of anilines is 2. The Labute approximate surface area is 172 Å². The van der Waals surface area contributed by atoms with Gasteiger partial charge in [0.05, 0.1) is 5.52 Å². The topological polar surface area (TPSA) is 73.0 Å². The van der Waals surface area contributed by atoms with Crippen LogP contribution in [0.2, 0.25) is 0 Å². The van der Waals surface area contributed by atoms with Crippen LogP contribution in [-0.4, -0.2) is 41.9 Å². The van der Waals surface area contributed by atoms with Crippen molar-refractivity contribution in [1.82, 2.24) is 14.9 Å². The number of carbonyl (C=O) groups is 1. The zero-order chi connectivity index (χ0) is 21.1. The molecular formula is C23H29N5O. The molecular weight excluding hydrogens is 362 g/mol. The number of aromatic nitrogens is 2. The number of carbonyl (C=O) groups excluding carboxylic acids is 1. The van der Waals surface area contributed by atoms with Gasteiger partial charge < -0.3 is 20.5 Å². The Morgan fingerprint density at radius 3 is 2.66 bits per heavy atom. The summed E-state index contributed by atoms with van der Waals surface area (Å²) in [6, 6.07) is 9.84. The third kappa shape index (κ3) is 4.32. The maximum Gasteiger partial charge on any atom is 0.256 e. The second-order valence-corrected chi connectivity index (χ2v) is 7.51. The maximum atomic E-state index is 12.7. The molecule has 1 aromatic carbocycles. The molecule has 6 nitrogen and oxygen atoms in total. The van der Waals surface area contributed by atoms with Gasteiger partial charge in [-0.2, -0.15) is 0 Å². The molecule has 2 aromatic heterocycles. The second kappa shape index (κ2) is 8.49. The molecule has 152 valence electrons. The number of nitrogens with zero attached hydrogens (tertiary/aromatic N) is 2. The van der Waals surface area contributed by atoms with Crippen LogP contribution < -0.4 is 10.6 Å². The molecule has 0 radical (unpaired) electrons. The second-order valence-electron chi connectivity index (χ2n) is 7.51. The van der Waals surface area contributed by atoms with Gasteiger partial charge >= 0.3 is 0 Å². The van der Waals surface area contributed by atoms with Gasteiger partial charge in [0.2, 0.25) is 0 Å². The van der Waals surface area contributed by atoms with E-state index in [0.717, 1.165) is 39.8 Å². The number of pyridine rings is 1. The van der Waals surface area contributed by atoms with Gasteiger partial charge in [0.25, 0.3) is 5.91 Å². The van der Waals surface area contributed by atoms with Gasteiger partial charge in [-0.15, -0.1) is 0 Å². The molecule has 0 saturated heterocycles. The van der Waals surface area contributed by atoms with E-state index in [4.69, 9.17) is 0 Å². The van der Waals surface area contributed by atoms with Crippen molar-refractivity contribution < 1.29 is 4.79 Å². The average molecular weight is 392 g/mol. The van der Waals surface area contributed by atoms with Gasteiger partial charge in [-0.05, 0) is 56.8 Å². The van der Waals surface area contributed by atoms with Crippen LogP contribution in [-0.2, 0) is 0 Å². The van der Waals surface area contributed by atoms with Crippen LogP contribution in [0.4, 0.5) is 11.5 Å². The summed E-state index contributed by atoms with van der Waals surface area (Å²) < 4.78 is 0. The van der Waals surface area contributed by atoms with Crippen LogP contribution >= 0.6 is 0 Å². The van der Waals surface area contributed by atoms with Crippen LogP contribution in [0.5, 0.6) is 0 Å². The number of hydrogen-bond acceptors (Lipinski definition) is 4. The molecule has 0 spiro atoms. The predicted molar refractivity (Wildman–Crippen MR) is 121 cm³/mol. The van der Waals surface area contributed by atoms with Crippen molar-refractivity contribution in [2.45, 2.75) is 26.3 Å². The monoisotopic (exact) mass is 391 g/mol. The lowest BCUT2D eigenvalue weighted by atomic mass is 10.0. The van der Waals surface area contributed by atoms with E-state index in [1.807, 2.05) is 32.2 Å². The molecule has 29 heavy (non-hydrogen) atoms. The zero-order valence-electron chi connectivity index (χ0n) is 17.8. The van der Waals surface area contributed by atoms with E-state index < -0.39 is 0 Å². The molecule has 0 fully saturated rings. The molecule has 0 bridgehead atoms. The van der Waals surface area contributed by atoms with Crippen molar-refractivity contribution in [3.05, 3.63) is 59.9 Å². The minimum absolute atomic E-state index is 0.201. The van der Waals surface area contributed by atoms with Gasteiger partial charge in [-0.1, -0.05) is 19.6 Å². The Bertz CT molecular complexity index is 1050. The number of benzene rings is 1. The predicted octanol–water partition coefficient (Wildman–Crippen LogP) is 4.90. The van der Waals surface area contributed by atoms with Gasteiger partial charge in [0, 0.05) is 47.7 Å². The molecule has 3 N–H and O–H groups in total. The standard InChI is InChI=1S/C23H29N5O/c1-7-21(28(5)6)20-11-16-13-25-22(12-18(16)26-20)27-23(29)15-8-9-17(14(2)3)19(10-15)24-4/h8-13,21,24,26H,2,7H2,1,3-6H3,(H,25,27,29). The number of H-pyrrole nitrogens is 1. The molecule has 0 aliphatic heterocycles. The van der Waals surface area contributed by atoms with Gasteiger partial charge in [0.1, 0.15) is 5.82 Å². The largest absolute Gasteiger partial charge is 0.388 e. The fraction of sp³-hybridized carbons (Fsp3) is 0.304. The summed E-state index contributed by atoms with van der Waals surface area (Å²) in [5, 5.41) is 7.05. The first-order chi connectivity index (χ1) is 13.8. The number of fused-ring (bicyclic) bond motifs is 1. The molecule has 3 aromatic rings. The molecule has 6 heteroatoms. The molecule has 2 heterocycles. The van der Waals surface area contributed by atoms with Gasteiger partial charge in [-0.3, -0.25) is 4.79 Å². The highest BCUT2D eigenvalue weighted by Gasteiger charge is 2.15. The Morgan fingerprint density at radius 1 is 1.28 bits per heavy atom. The molecule has 3 rings (SSSR count). The first-order valence-electron chi connectivity index (χ1n) is 9.78. The SMILES string of the molecule is C=C(C)c1ccc(C(=O)Nc2cc3[nH]c(C(CC)N(C)C)cc3cn2)cc1NC.